The van der Waals surface area contributed by atoms with Gasteiger partial charge in [0.25, 0.3) is 5.91 Å². The van der Waals surface area contributed by atoms with E-state index in [1.54, 1.807) is 18.2 Å². The van der Waals surface area contributed by atoms with E-state index in [4.69, 9.17) is 17.3 Å². The molecule has 3 rings (SSSR count). The van der Waals surface area contributed by atoms with Crippen LogP contribution >= 0.6 is 11.6 Å². The van der Waals surface area contributed by atoms with Crippen LogP contribution in [0.25, 0.3) is 0 Å². The van der Waals surface area contributed by atoms with Crippen molar-refractivity contribution in [3.05, 3.63) is 28.8 Å². The van der Waals surface area contributed by atoms with E-state index in [0.717, 1.165) is 12.5 Å². The predicted octanol–water partition coefficient (Wildman–Crippen LogP) is 2.84. The first-order chi connectivity index (χ1) is 8.61. The van der Waals surface area contributed by atoms with Gasteiger partial charge in [0.15, 0.2) is 0 Å². The number of hydrogen-bond donors (Lipinski definition) is 2. The molecule has 2 fully saturated rings. The molecule has 2 aliphatic carbocycles. The molecule has 96 valence electrons. The third-order valence-electron chi connectivity index (χ3n) is 4.20. The number of hydrogen-bond acceptors (Lipinski definition) is 2. The lowest BCUT2D eigenvalue weighted by molar-refractivity contribution is 0.0942. The number of anilines is 1. The molecule has 0 saturated heterocycles. The van der Waals surface area contributed by atoms with Gasteiger partial charge in [-0.05, 0) is 55.2 Å². The van der Waals surface area contributed by atoms with Crippen LogP contribution in [0.15, 0.2) is 18.2 Å². The number of benzene rings is 1. The monoisotopic (exact) mass is 264 g/mol. The third kappa shape index (κ3) is 2.19. The summed E-state index contributed by atoms with van der Waals surface area (Å²) in [4.78, 5) is 12.0. The molecule has 0 atom stereocenters. The van der Waals surface area contributed by atoms with Crippen LogP contribution in [0.4, 0.5) is 5.69 Å². The molecule has 0 bridgehead atoms. The lowest BCUT2D eigenvalue weighted by Gasteiger charge is -2.15. The van der Waals surface area contributed by atoms with Gasteiger partial charge in [0, 0.05) is 12.1 Å². The zero-order chi connectivity index (χ0) is 12.8. The second kappa shape index (κ2) is 4.16. The van der Waals surface area contributed by atoms with Gasteiger partial charge in [0.05, 0.1) is 10.7 Å². The molecule has 1 aromatic rings. The summed E-state index contributed by atoms with van der Waals surface area (Å²) in [5.41, 5.74) is 7.14. The van der Waals surface area contributed by atoms with E-state index in [2.05, 4.69) is 5.32 Å². The predicted molar refractivity (Wildman–Crippen MR) is 72.6 cm³/mol. The molecule has 1 aromatic carbocycles. The van der Waals surface area contributed by atoms with Crippen molar-refractivity contribution in [2.24, 2.45) is 11.3 Å². The lowest BCUT2D eigenvalue weighted by atomic mass is 10.0. The minimum absolute atomic E-state index is 0.0520. The van der Waals surface area contributed by atoms with E-state index in [9.17, 15) is 4.79 Å². The highest BCUT2D eigenvalue weighted by atomic mass is 35.5. The van der Waals surface area contributed by atoms with Gasteiger partial charge in [-0.3, -0.25) is 4.79 Å². The van der Waals surface area contributed by atoms with E-state index < -0.39 is 0 Å². The summed E-state index contributed by atoms with van der Waals surface area (Å²) in [5.74, 6) is 0.802. The van der Waals surface area contributed by atoms with Crippen molar-refractivity contribution in [1.82, 2.24) is 5.32 Å². The maximum absolute atomic E-state index is 12.0. The van der Waals surface area contributed by atoms with E-state index in [-0.39, 0.29) is 5.91 Å². The minimum atomic E-state index is -0.0520. The number of rotatable bonds is 4. The fraction of sp³-hybridized carbons (Fsp3) is 0.500. The zero-order valence-corrected chi connectivity index (χ0v) is 11.0. The highest BCUT2D eigenvalue weighted by Crippen LogP contribution is 2.60. The average molecular weight is 265 g/mol. The minimum Gasteiger partial charge on any atom is -0.398 e. The first-order valence-electron chi connectivity index (χ1n) is 6.44. The van der Waals surface area contributed by atoms with Crippen LogP contribution in [-0.2, 0) is 0 Å². The maximum atomic E-state index is 12.0. The highest BCUT2D eigenvalue weighted by Gasteiger charge is 2.53. The third-order valence-corrected chi connectivity index (χ3v) is 4.53. The fourth-order valence-corrected chi connectivity index (χ4v) is 2.79. The maximum Gasteiger partial charge on any atom is 0.251 e. The topological polar surface area (TPSA) is 55.1 Å². The summed E-state index contributed by atoms with van der Waals surface area (Å²) in [7, 11) is 0. The Labute approximate surface area is 112 Å². The lowest BCUT2D eigenvalue weighted by Crippen LogP contribution is -2.31. The first kappa shape index (κ1) is 11.8. The molecule has 3 nitrogen and oxygen atoms in total. The largest absolute Gasteiger partial charge is 0.398 e. The van der Waals surface area contributed by atoms with Crippen molar-refractivity contribution >= 4 is 23.2 Å². The molecule has 0 aromatic heterocycles. The molecule has 3 N–H and O–H groups in total. The molecule has 4 heteroatoms. The SMILES string of the molecule is Nc1ccc(C(=O)NCC2(C3CC3)CC2)cc1Cl. The zero-order valence-electron chi connectivity index (χ0n) is 10.2. The van der Waals surface area contributed by atoms with Crippen molar-refractivity contribution in [2.45, 2.75) is 25.7 Å². The summed E-state index contributed by atoms with van der Waals surface area (Å²) in [5, 5.41) is 3.47. The summed E-state index contributed by atoms with van der Waals surface area (Å²) in [6.45, 7) is 0.804. The summed E-state index contributed by atoms with van der Waals surface area (Å²) in [6, 6.07) is 5.02. The molecular formula is C14H17ClN2O. The van der Waals surface area contributed by atoms with E-state index in [1.807, 2.05) is 0 Å². The van der Waals surface area contributed by atoms with Crippen molar-refractivity contribution in [1.29, 1.82) is 0 Å². The second-order valence-corrected chi connectivity index (χ2v) is 5.96. The standard InChI is InChI=1S/C14H17ClN2O/c15-11-7-9(1-4-12(11)16)13(18)17-8-14(5-6-14)10-2-3-10/h1,4,7,10H,2-3,5-6,8,16H2,(H,17,18). The van der Waals surface area contributed by atoms with Gasteiger partial charge < -0.3 is 11.1 Å². The van der Waals surface area contributed by atoms with Crippen LogP contribution in [0.3, 0.4) is 0 Å². The van der Waals surface area contributed by atoms with Crippen molar-refractivity contribution in [3.8, 4) is 0 Å². The normalized spacial score (nSPS) is 20.5. The summed E-state index contributed by atoms with van der Waals surface area (Å²) < 4.78 is 0. The highest BCUT2D eigenvalue weighted by molar-refractivity contribution is 6.33. The molecule has 2 saturated carbocycles. The average Bonchev–Trinajstić information content (AvgIpc) is 3.22. The Balaban J connectivity index is 1.62. The Hall–Kier alpha value is -1.22. The molecule has 0 heterocycles. The van der Waals surface area contributed by atoms with Crippen molar-refractivity contribution in [2.75, 3.05) is 12.3 Å². The fourth-order valence-electron chi connectivity index (χ4n) is 2.61. The Morgan fingerprint density at radius 3 is 2.72 bits per heavy atom. The van der Waals surface area contributed by atoms with Gasteiger partial charge in [-0.15, -0.1) is 0 Å². The van der Waals surface area contributed by atoms with Gasteiger partial charge in [0.2, 0.25) is 0 Å². The molecule has 1 amide bonds. The number of halogens is 1. The van der Waals surface area contributed by atoms with Crippen molar-refractivity contribution < 1.29 is 4.79 Å². The van der Waals surface area contributed by atoms with Gasteiger partial charge in [-0.2, -0.15) is 0 Å². The van der Waals surface area contributed by atoms with Gasteiger partial charge >= 0.3 is 0 Å². The van der Waals surface area contributed by atoms with E-state index in [0.29, 0.717) is 21.7 Å². The summed E-state index contributed by atoms with van der Waals surface area (Å²) in [6.07, 6.45) is 5.20. The van der Waals surface area contributed by atoms with Gasteiger partial charge in [-0.1, -0.05) is 11.6 Å². The first-order valence-corrected chi connectivity index (χ1v) is 6.82. The molecule has 0 unspecified atom stereocenters. The number of nitrogens with two attached hydrogens (primary N) is 1. The molecule has 0 radical (unpaired) electrons. The number of carbonyl (C=O) groups excluding carboxylic acids is 1. The Bertz CT molecular complexity index is 493. The van der Waals surface area contributed by atoms with Crippen LogP contribution in [0.5, 0.6) is 0 Å². The van der Waals surface area contributed by atoms with Crippen LogP contribution in [0, 0.1) is 11.3 Å². The smallest absolute Gasteiger partial charge is 0.251 e. The molecular weight excluding hydrogens is 248 g/mol. The molecule has 0 spiro atoms. The van der Waals surface area contributed by atoms with Gasteiger partial charge in [-0.25, -0.2) is 0 Å². The number of carbonyl (C=O) groups is 1. The Kier molecular flexibility index (Phi) is 2.74. The Morgan fingerprint density at radius 1 is 1.44 bits per heavy atom. The molecule has 0 aliphatic heterocycles. The quantitative estimate of drug-likeness (QED) is 0.822. The van der Waals surface area contributed by atoms with Crippen LogP contribution in [-0.4, -0.2) is 12.5 Å². The second-order valence-electron chi connectivity index (χ2n) is 5.56. The van der Waals surface area contributed by atoms with E-state index in [1.165, 1.54) is 25.7 Å². The van der Waals surface area contributed by atoms with E-state index >= 15 is 0 Å². The Morgan fingerprint density at radius 2 is 2.17 bits per heavy atom. The van der Waals surface area contributed by atoms with Crippen LogP contribution in [0.2, 0.25) is 5.02 Å². The number of nitrogen functional groups attached to an aromatic ring is 1. The van der Waals surface area contributed by atoms with Crippen LogP contribution in [0.1, 0.15) is 36.0 Å². The molecule has 18 heavy (non-hydrogen) atoms. The number of amides is 1. The number of nitrogens with one attached hydrogen (secondary N) is 1. The van der Waals surface area contributed by atoms with Crippen molar-refractivity contribution in [3.63, 3.8) is 0 Å². The van der Waals surface area contributed by atoms with Crippen LogP contribution < -0.4 is 11.1 Å². The summed E-state index contributed by atoms with van der Waals surface area (Å²) >= 11 is 5.92. The molecule has 2 aliphatic rings. The van der Waals surface area contributed by atoms with Gasteiger partial charge in [0.1, 0.15) is 0 Å².